The van der Waals surface area contributed by atoms with Gasteiger partial charge >= 0.3 is 0 Å². The van der Waals surface area contributed by atoms with Gasteiger partial charge in [0.05, 0.1) is 5.69 Å². The Morgan fingerprint density at radius 2 is 1.94 bits per heavy atom. The minimum absolute atomic E-state index is 0.207. The number of hydrogen-bond acceptors (Lipinski definition) is 3. The first-order chi connectivity index (χ1) is 8.66. The zero-order chi connectivity index (χ0) is 13.0. The largest absolute Gasteiger partial charge is 0.331 e. The second kappa shape index (κ2) is 5.75. The van der Waals surface area contributed by atoms with Crippen LogP contribution in [0, 0.1) is 6.92 Å². The summed E-state index contributed by atoms with van der Waals surface area (Å²) < 4.78 is 0. The van der Waals surface area contributed by atoms with Crippen molar-refractivity contribution < 1.29 is 4.79 Å². The molecule has 2 rings (SSSR count). The van der Waals surface area contributed by atoms with Crippen LogP contribution in [0.15, 0.2) is 41.8 Å². The van der Waals surface area contributed by atoms with Crippen molar-refractivity contribution in [3.63, 3.8) is 0 Å². The molecule has 3 nitrogen and oxygen atoms in total. The van der Waals surface area contributed by atoms with Crippen LogP contribution in [0.3, 0.4) is 0 Å². The number of benzene rings is 1. The molecule has 0 aliphatic heterocycles. The van der Waals surface area contributed by atoms with Crippen LogP contribution in [0.25, 0.3) is 0 Å². The highest BCUT2D eigenvalue weighted by atomic mass is 32.1. The van der Waals surface area contributed by atoms with E-state index in [-0.39, 0.29) is 5.91 Å². The van der Waals surface area contributed by atoms with Crippen molar-refractivity contribution in [2.45, 2.75) is 6.92 Å². The minimum atomic E-state index is -0.207. The molecule has 0 radical (unpaired) electrons. The van der Waals surface area contributed by atoms with E-state index in [1.807, 2.05) is 36.6 Å². The molecule has 18 heavy (non-hydrogen) atoms. The van der Waals surface area contributed by atoms with E-state index in [2.05, 4.69) is 10.6 Å². The molecule has 0 saturated carbocycles. The van der Waals surface area contributed by atoms with Crippen LogP contribution in [-0.2, 0) is 0 Å². The molecule has 0 spiro atoms. The monoisotopic (exact) mass is 276 g/mol. The Hall–Kier alpha value is -1.72. The number of thiophene rings is 1. The van der Waals surface area contributed by atoms with Crippen LogP contribution in [0.4, 0.5) is 5.69 Å². The zero-order valence-corrected chi connectivity index (χ0v) is 11.4. The number of thiocarbonyl (C=S) groups is 1. The van der Waals surface area contributed by atoms with Crippen molar-refractivity contribution >= 4 is 40.3 Å². The molecule has 0 atom stereocenters. The Morgan fingerprint density at radius 1 is 1.22 bits per heavy atom. The van der Waals surface area contributed by atoms with E-state index >= 15 is 0 Å². The minimum Gasteiger partial charge on any atom is -0.331 e. The number of amides is 1. The van der Waals surface area contributed by atoms with Gasteiger partial charge in [-0.25, -0.2) is 0 Å². The summed E-state index contributed by atoms with van der Waals surface area (Å²) in [5.41, 5.74) is 1.52. The second-order valence-electron chi connectivity index (χ2n) is 3.66. The molecule has 1 heterocycles. The lowest BCUT2D eigenvalue weighted by atomic mass is 10.2. The van der Waals surface area contributed by atoms with Crippen molar-refractivity contribution in [2.75, 3.05) is 5.32 Å². The van der Waals surface area contributed by atoms with Gasteiger partial charge in [0, 0.05) is 10.4 Å². The van der Waals surface area contributed by atoms with Crippen LogP contribution in [0.1, 0.15) is 15.2 Å². The first-order valence-electron chi connectivity index (χ1n) is 5.38. The van der Waals surface area contributed by atoms with Gasteiger partial charge in [0.2, 0.25) is 0 Å². The lowest BCUT2D eigenvalue weighted by Gasteiger charge is -2.08. The molecule has 2 N–H and O–H groups in total. The van der Waals surface area contributed by atoms with Gasteiger partial charge in [-0.15, -0.1) is 11.3 Å². The lowest BCUT2D eigenvalue weighted by molar-refractivity contribution is 0.0978. The van der Waals surface area contributed by atoms with E-state index < -0.39 is 0 Å². The molecule has 1 aromatic heterocycles. The molecule has 2 aromatic rings. The third-order valence-electron chi connectivity index (χ3n) is 2.37. The van der Waals surface area contributed by atoms with E-state index in [1.165, 1.54) is 0 Å². The van der Waals surface area contributed by atoms with Crippen molar-refractivity contribution in [3.8, 4) is 0 Å². The summed E-state index contributed by atoms with van der Waals surface area (Å²) in [6, 6.07) is 10.9. The average molecular weight is 276 g/mol. The fraction of sp³-hybridized carbons (Fsp3) is 0.0769. The fourth-order valence-corrected chi connectivity index (χ4v) is 2.29. The summed E-state index contributed by atoms with van der Waals surface area (Å²) in [6.07, 6.45) is 0. The predicted octanol–water partition coefficient (Wildman–Crippen LogP) is 3.18. The van der Waals surface area contributed by atoms with Gasteiger partial charge < -0.3 is 5.32 Å². The highest BCUT2D eigenvalue weighted by Gasteiger charge is 2.08. The fourth-order valence-electron chi connectivity index (χ4n) is 1.43. The molecular formula is C13H12N2OS2. The van der Waals surface area contributed by atoms with Gasteiger partial charge in [0.15, 0.2) is 5.11 Å². The van der Waals surface area contributed by atoms with E-state index in [0.29, 0.717) is 10.7 Å². The Morgan fingerprint density at radius 3 is 2.56 bits per heavy atom. The summed E-state index contributed by atoms with van der Waals surface area (Å²) in [5, 5.41) is 7.93. The molecule has 1 amide bonds. The van der Waals surface area contributed by atoms with Crippen LogP contribution in [0.5, 0.6) is 0 Å². The molecule has 0 fully saturated rings. The first-order valence-corrected chi connectivity index (χ1v) is 6.67. The Bertz CT molecular complexity index is 563. The summed E-state index contributed by atoms with van der Waals surface area (Å²) in [6.45, 7) is 1.99. The number of aryl methyl sites for hydroxylation is 1. The number of hydrogen-bond donors (Lipinski definition) is 2. The van der Waals surface area contributed by atoms with Crippen LogP contribution >= 0.6 is 23.6 Å². The highest BCUT2D eigenvalue weighted by molar-refractivity contribution is 7.80. The van der Waals surface area contributed by atoms with Crippen molar-refractivity contribution in [3.05, 3.63) is 52.2 Å². The number of anilines is 1. The molecular weight excluding hydrogens is 264 g/mol. The van der Waals surface area contributed by atoms with Crippen molar-refractivity contribution in [1.82, 2.24) is 5.32 Å². The molecule has 92 valence electrons. The Labute approximate surface area is 115 Å². The van der Waals surface area contributed by atoms with Crippen LogP contribution < -0.4 is 10.6 Å². The third kappa shape index (κ3) is 3.15. The van der Waals surface area contributed by atoms with Crippen molar-refractivity contribution in [2.24, 2.45) is 0 Å². The van der Waals surface area contributed by atoms with Gasteiger partial charge in [-0.05, 0) is 42.7 Å². The summed E-state index contributed by atoms with van der Waals surface area (Å²) >= 11 is 6.73. The summed E-state index contributed by atoms with van der Waals surface area (Å²) in [4.78, 5) is 13.0. The van der Waals surface area contributed by atoms with Gasteiger partial charge in [0.1, 0.15) is 0 Å². The SMILES string of the molecule is Cc1sccc1NC(=S)NC(=O)c1ccccc1. The quantitative estimate of drug-likeness (QED) is 0.828. The Balaban J connectivity index is 1.96. The maximum Gasteiger partial charge on any atom is 0.257 e. The maximum absolute atomic E-state index is 11.8. The van der Waals surface area contributed by atoms with Gasteiger partial charge in [0.25, 0.3) is 5.91 Å². The molecule has 5 heteroatoms. The first kappa shape index (κ1) is 12.7. The third-order valence-corrected chi connectivity index (χ3v) is 3.42. The van der Waals surface area contributed by atoms with E-state index in [9.17, 15) is 4.79 Å². The van der Waals surface area contributed by atoms with Gasteiger partial charge in [-0.1, -0.05) is 18.2 Å². The van der Waals surface area contributed by atoms with E-state index in [0.717, 1.165) is 10.6 Å². The summed E-state index contributed by atoms with van der Waals surface area (Å²) in [7, 11) is 0. The highest BCUT2D eigenvalue weighted by Crippen LogP contribution is 2.20. The normalized spacial score (nSPS) is 9.83. The second-order valence-corrected chi connectivity index (χ2v) is 5.19. The van der Waals surface area contributed by atoms with E-state index in [4.69, 9.17) is 12.2 Å². The van der Waals surface area contributed by atoms with Gasteiger partial charge in [-0.3, -0.25) is 10.1 Å². The lowest BCUT2D eigenvalue weighted by Crippen LogP contribution is -2.34. The number of nitrogens with one attached hydrogen (secondary N) is 2. The van der Waals surface area contributed by atoms with Crippen molar-refractivity contribution in [1.29, 1.82) is 0 Å². The molecule has 0 aliphatic carbocycles. The standard InChI is InChI=1S/C13H12N2OS2/c1-9-11(7-8-18-9)14-13(17)15-12(16)10-5-3-2-4-6-10/h2-8H,1H3,(H2,14,15,16,17). The Kier molecular flexibility index (Phi) is 4.07. The van der Waals surface area contributed by atoms with Crippen LogP contribution in [0.2, 0.25) is 0 Å². The topological polar surface area (TPSA) is 41.1 Å². The molecule has 0 aliphatic rings. The molecule has 1 aromatic carbocycles. The average Bonchev–Trinajstić information content (AvgIpc) is 2.76. The number of rotatable bonds is 2. The number of carbonyl (C=O) groups is 1. The van der Waals surface area contributed by atoms with E-state index in [1.54, 1.807) is 23.5 Å². The van der Waals surface area contributed by atoms with Gasteiger partial charge in [-0.2, -0.15) is 0 Å². The maximum atomic E-state index is 11.8. The smallest absolute Gasteiger partial charge is 0.257 e. The number of carbonyl (C=O) groups excluding carboxylic acids is 1. The summed E-state index contributed by atoms with van der Waals surface area (Å²) in [5.74, 6) is -0.207. The predicted molar refractivity (Wildman–Crippen MR) is 79.2 cm³/mol. The molecule has 0 unspecified atom stereocenters. The zero-order valence-electron chi connectivity index (χ0n) is 9.77. The molecule has 0 bridgehead atoms. The van der Waals surface area contributed by atoms with Crippen LogP contribution in [-0.4, -0.2) is 11.0 Å². The molecule has 0 saturated heterocycles.